The Morgan fingerprint density at radius 3 is 2.60 bits per heavy atom. The van der Waals surface area contributed by atoms with Crippen LogP contribution in [0.1, 0.15) is 28.0 Å². The van der Waals surface area contributed by atoms with Gasteiger partial charge in [-0.25, -0.2) is 13.8 Å². The lowest BCUT2D eigenvalue weighted by Crippen LogP contribution is -2.04. The Balaban J connectivity index is 3.51. The summed E-state index contributed by atoms with van der Waals surface area (Å²) < 4.78 is 25.0. The van der Waals surface area contributed by atoms with Crippen molar-refractivity contribution < 1.29 is 18.5 Å². The third-order valence-corrected chi connectivity index (χ3v) is 1.92. The molecule has 1 rings (SSSR count). The Bertz CT molecular complexity index is 421. The molecule has 1 aromatic heterocycles. The highest BCUT2D eigenvalue weighted by Crippen LogP contribution is 2.31. The predicted octanol–water partition coefficient (Wildman–Crippen LogP) is 2.05. The van der Waals surface area contributed by atoms with E-state index >= 15 is 0 Å². The van der Waals surface area contributed by atoms with Crippen molar-refractivity contribution in [3.63, 3.8) is 0 Å². The number of carbonyl (C=O) groups is 1. The quantitative estimate of drug-likeness (QED) is 0.440. The van der Waals surface area contributed by atoms with Crippen LogP contribution < -0.4 is 0 Å². The Morgan fingerprint density at radius 1 is 1.60 bits per heavy atom. The topological polar surface area (TPSA) is 73.1 Å². The molecule has 80 valence electrons. The summed E-state index contributed by atoms with van der Waals surface area (Å²) in [6.07, 6.45) is -2.06. The second-order valence-electron chi connectivity index (χ2n) is 2.74. The highest BCUT2D eigenvalue weighted by atomic mass is 19.3. The van der Waals surface area contributed by atoms with E-state index in [1.165, 1.54) is 6.92 Å². The third-order valence-electron chi connectivity index (χ3n) is 1.92. The Kier molecular flexibility index (Phi) is 3.03. The predicted molar refractivity (Wildman–Crippen MR) is 46.0 cm³/mol. The van der Waals surface area contributed by atoms with E-state index in [4.69, 9.17) is 0 Å². The molecule has 0 spiro atoms. The standard InChI is InChI=1S/C8H6F2N2O3/c1-4-5(3-13)11-2-6(12(14)15)7(4)8(9)10/h2-3,8H,1H3. The summed E-state index contributed by atoms with van der Waals surface area (Å²) in [5.41, 5.74) is -1.89. The van der Waals surface area contributed by atoms with Crippen molar-refractivity contribution in [3.8, 4) is 0 Å². The fourth-order valence-corrected chi connectivity index (χ4v) is 1.17. The summed E-state index contributed by atoms with van der Waals surface area (Å²) in [6.45, 7) is 1.20. The fourth-order valence-electron chi connectivity index (χ4n) is 1.17. The van der Waals surface area contributed by atoms with Crippen LogP contribution in [0.3, 0.4) is 0 Å². The van der Waals surface area contributed by atoms with Gasteiger partial charge in [-0.15, -0.1) is 0 Å². The summed E-state index contributed by atoms with van der Waals surface area (Å²) >= 11 is 0. The second kappa shape index (κ2) is 4.07. The Labute approximate surface area is 82.9 Å². The minimum Gasteiger partial charge on any atom is -0.296 e. The molecule has 1 heterocycles. The van der Waals surface area contributed by atoms with Gasteiger partial charge in [0, 0.05) is 0 Å². The first-order valence-electron chi connectivity index (χ1n) is 3.86. The van der Waals surface area contributed by atoms with E-state index in [9.17, 15) is 23.7 Å². The molecule has 0 unspecified atom stereocenters. The van der Waals surface area contributed by atoms with Crippen molar-refractivity contribution in [2.24, 2.45) is 0 Å². The van der Waals surface area contributed by atoms with Crippen molar-refractivity contribution in [2.45, 2.75) is 13.3 Å². The largest absolute Gasteiger partial charge is 0.296 e. The Morgan fingerprint density at radius 2 is 2.20 bits per heavy atom. The minimum absolute atomic E-state index is 0.158. The van der Waals surface area contributed by atoms with Gasteiger partial charge in [-0.3, -0.25) is 14.9 Å². The van der Waals surface area contributed by atoms with Crippen LogP contribution in [0.25, 0.3) is 0 Å². The number of alkyl halides is 2. The molecule has 0 saturated heterocycles. The molecule has 7 heteroatoms. The lowest BCUT2D eigenvalue weighted by molar-refractivity contribution is -0.386. The van der Waals surface area contributed by atoms with Gasteiger partial charge in [0.25, 0.3) is 12.1 Å². The average Bonchev–Trinajstić information content (AvgIpc) is 2.16. The first-order chi connectivity index (χ1) is 6.99. The van der Waals surface area contributed by atoms with Crippen molar-refractivity contribution in [2.75, 3.05) is 0 Å². The van der Waals surface area contributed by atoms with E-state index < -0.39 is 22.6 Å². The monoisotopic (exact) mass is 216 g/mol. The molecule has 15 heavy (non-hydrogen) atoms. The smallest absolute Gasteiger partial charge is 0.296 e. The molecule has 0 aliphatic heterocycles. The minimum atomic E-state index is -3.01. The van der Waals surface area contributed by atoms with Crippen LogP contribution in [0.4, 0.5) is 14.5 Å². The van der Waals surface area contributed by atoms with Crippen molar-refractivity contribution in [1.82, 2.24) is 4.98 Å². The number of nitro groups is 1. The van der Waals surface area contributed by atoms with E-state index in [0.717, 1.165) is 0 Å². The van der Waals surface area contributed by atoms with Crippen LogP contribution in [0.5, 0.6) is 0 Å². The SMILES string of the molecule is Cc1c(C=O)ncc([N+](=O)[O-])c1C(F)F. The highest BCUT2D eigenvalue weighted by molar-refractivity contribution is 5.75. The molecule has 1 aromatic rings. The van der Waals surface area contributed by atoms with Crippen LogP contribution in [-0.4, -0.2) is 16.2 Å². The summed E-state index contributed by atoms with van der Waals surface area (Å²) in [4.78, 5) is 23.3. The number of rotatable bonds is 3. The normalized spacial score (nSPS) is 10.4. The highest BCUT2D eigenvalue weighted by Gasteiger charge is 2.26. The first-order valence-corrected chi connectivity index (χ1v) is 3.86. The van der Waals surface area contributed by atoms with Crippen LogP contribution in [0.2, 0.25) is 0 Å². The van der Waals surface area contributed by atoms with Gasteiger partial charge in [-0.2, -0.15) is 0 Å². The van der Waals surface area contributed by atoms with Crippen LogP contribution in [0.15, 0.2) is 6.20 Å². The zero-order valence-electron chi connectivity index (χ0n) is 7.61. The number of nitrogens with zero attached hydrogens (tertiary/aromatic N) is 2. The number of hydrogen-bond donors (Lipinski definition) is 0. The summed E-state index contributed by atoms with van der Waals surface area (Å²) in [7, 11) is 0. The van der Waals surface area contributed by atoms with Gasteiger partial charge in [-0.1, -0.05) is 0 Å². The van der Waals surface area contributed by atoms with E-state index in [-0.39, 0.29) is 17.5 Å². The number of aldehydes is 1. The van der Waals surface area contributed by atoms with Gasteiger partial charge in [0.15, 0.2) is 6.29 Å². The molecular formula is C8H6F2N2O3. The molecule has 0 aliphatic carbocycles. The molecule has 0 bridgehead atoms. The number of hydrogen-bond acceptors (Lipinski definition) is 4. The zero-order chi connectivity index (χ0) is 11.6. The van der Waals surface area contributed by atoms with Gasteiger partial charge in [0.2, 0.25) is 0 Å². The molecule has 0 saturated carbocycles. The Hall–Kier alpha value is -1.92. The van der Waals surface area contributed by atoms with Crippen LogP contribution in [0, 0.1) is 17.0 Å². The second-order valence-corrected chi connectivity index (χ2v) is 2.74. The van der Waals surface area contributed by atoms with E-state index in [1.54, 1.807) is 0 Å². The maximum absolute atomic E-state index is 12.5. The average molecular weight is 216 g/mol. The number of pyridine rings is 1. The van der Waals surface area contributed by atoms with Gasteiger partial charge in [-0.05, 0) is 12.5 Å². The van der Waals surface area contributed by atoms with Crippen molar-refractivity contribution >= 4 is 12.0 Å². The van der Waals surface area contributed by atoms with E-state index in [1.807, 2.05) is 0 Å². The molecule has 0 aliphatic rings. The maximum atomic E-state index is 12.5. The number of halogens is 2. The maximum Gasteiger partial charge on any atom is 0.296 e. The van der Waals surface area contributed by atoms with Gasteiger partial charge >= 0.3 is 0 Å². The van der Waals surface area contributed by atoms with Gasteiger partial charge in [0.1, 0.15) is 17.5 Å². The summed E-state index contributed by atoms with van der Waals surface area (Å²) in [5.74, 6) is 0. The lowest BCUT2D eigenvalue weighted by Gasteiger charge is -2.06. The molecule has 0 amide bonds. The lowest BCUT2D eigenvalue weighted by atomic mass is 10.1. The zero-order valence-corrected chi connectivity index (χ0v) is 7.61. The van der Waals surface area contributed by atoms with E-state index in [2.05, 4.69) is 4.98 Å². The molecule has 5 nitrogen and oxygen atoms in total. The van der Waals surface area contributed by atoms with Crippen LogP contribution in [-0.2, 0) is 0 Å². The molecule has 0 radical (unpaired) electrons. The molecule has 0 N–H and O–H groups in total. The van der Waals surface area contributed by atoms with Gasteiger partial charge < -0.3 is 0 Å². The molecular weight excluding hydrogens is 210 g/mol. The van der Waals surface area contributed by atoms with E-state index in [0.29, 0.717) is 6.20 Å². The number of aromatic nitrogens is 1. The molecule has 0 fully saturated rings. The van der Waals surface area contributed by atoms with Crippen LogP contribution >= 0.6 is 0 Å². The summed E-state index contributed by atoms with van der Waals surface area (Å²) in [6, 6.07) is 0. The molecule has 0 atom stereocenters. The fraction of sp³-hybridized carbons (Fsp3) is 0.250. The van der Waals surface area contributed by atoms with Crippen molar-refractivity contribution in [3.05, 3.63) is 33.1 Å². The molecule has 0 aromatic carbocycles. The summed E-state index contributed by atoms with van der Waals surface area (Å²) in [5, 5.41) is 10.4. The van der Waals surface area contributed by atoms with Crippen molar-refractivity contribution in [1.29, 1.82) is 0 Å². The van der Waals surface area contributed by atoms with Gasteiger partial charge in [0.05, 0.1) is 4.92 Å². The third kappa shape index (κ3) is 1.95. The number of carbonyl (C=O) groups excluding carboxylic acids is 1. The first kappa shape index (κ1) is 11.2.